The Kier molecular flexibility index (Phi) is 19.1. The van der Waals surface area contributed by atoms with E-state index in [1.165, 1.54) is 49.8 Å². The lowest BCUT2D eigenvalue weighted by Gasteiger charge is -2.17. The number of hydrogen-bond donors (Lipinski definition) is 1. The zero-order valence-electron chi connectivity index (χ0n) is 16.3. The van der Waals surface area contributed by atoms with Gasteiger partial charge in [-0.2, -0.15) is 0 Å². The van der Waals surface area contributed by atoms with Gasteiger partial charge in [-0.25, -0.2) is 0 Å². The minimum absolute atomic E-state index is 0.662. The van der Waals surface area contributed by atoms with Crippen molar-refractivity contribution in [3.63, 3.8) is 0 Å². The third-order valence-electron chi connectivity index (χ3n) is 3.56. The minimum atomic E-state index is 0.662. The number of nitrogens with one attached hydrogen (secondary N) is 1. The predicted molar refractivity (Wildman–Crippen MR) is 105 cm³/mol. The molecular formula is C21H41N. The van der Waals surface area contributed by atoms with Gasteiger partial charge >= 0.3 is 0 Å². The summed E-state index contributed by atoms with van der Waals surface area (Å²) in [7, 11) is 0. The van der Waals surface area contributed by atoms with Crippen molar-refractivity contribution in [3.05, 3.63) is 29.8 Å². The van der Waals surface area contributed by atoms with Crippen molar-refractivity contribution >= 4 is 5.69 Å². The Morgan fingerprint density at radius 1 is 0.864 bits per heavy atom. The zero-order valence-corrected chi connectivity index (χ0v) is 16.3. The Morgan fingerprint density at radius 3 is 1.95 bits per heavy atom. The van der Waals surface area contributed by atoms with E-state index in [1.807, 2.05) is 13.8 Å². The van der Waals surface area contributed by atoms with Gasteiger partial charge in [0.2, 0.25) is 0 Å². The van der Waals surface area contributed by atoms with Crippen LogP contribution in [0.15, 0.2) is 24.3 Å². The number of rotatable bonds is 8. The zero-order chi connectivity index (χ0) is 17.2. The molecule has 130 valence electrons. The lowest BCUT2D eigenvalue weighted by Crippen LogP contribution is -2.05. The Bertz CT molecular complexity index is 317. The van der Waals surface area contributed by atoms with E-state index < -0.39 is 0 Å². The minimum Gasteiger partial charge on any atom is -0.385 e. The van der Waals surface area contributed by atoms with E-state index in [4.69, 9.17) is 0 Å². The molecule has 0 heterocycles. The van der Waals surface area contributed by atoms with Crippen LogP contribution in [0.2, 0.25) is 0 Å². The third-order valence-corrected chi connectivity index (χ3v) is 3.56. The van der Waals surface area contributed by atoms with Crippen LogP contribution < -0.4 is 5.32 Å². The Labute approximate surface area is 140 Å². The van der Waals surface area contributed by atoms with E-state index in [-0.39, 0.29) is 0 Å². The molecular weight excluding hydrogens is 266 g/mol. The van der Waals surface area contributed by atoms with Gasteiger partial charge in [-0.05, 0) is 30.4 Å². The molecule has 1 heteroatoms. The molecule has 1 atom stereocenters. The molecule has 1 unspecified atom stereocenters. The van der Waals surface area contributed by atoms with Gasteiger partial charge in [-0.15, -0.1) is 0 Å². The van der Waals surface area contributed by atoms with Crippen molar-refractivity contribution in [1.29, 1.82) is 0 Å². The Morgan fingerprint density at radius 2 is 1.45 bits per heavy atom. The molecule has 0 bridgehead atoms. The smallest absolute Gasteiger partial charge is 0.0375 e. The summed E-state index contributed by atoms with van der Waals surface area (Å²) in [6.45, 7) is 16.3. The molecule has 0 spiro atoms. The fourth-order valence-electron chi connectivity index (χ4n) is 2.08. The summed E-state index contributed by atoms with van der Waals surface area (Å²) in [5, 5.41) is 3.55. The van der Waals surface area contributed by atoms with Crippen LogP contribution in [0.25, 0.3) is 0 Å². The van der Waals surface area contributed by atoms with Gasteiger partial charge in [-0.1, -0.05) is 92.3 Å². The van der Waals surface area contributed by atoms with E-state index in [0.717, 1.165) is 6.54 Å². The molecule has 0 saturated carbocycles. The highest BCUT2D eigenvalue weighted by Crippen LogP contribution is 2.27. The van der Waals surface area contributed by atoms with Crippen molar-refractivity contribution in [3.8, 4) is 0 Å². The van der Waals surface area contributed by atoms with Crippen LogP contribution >= 0.6 is 0 Å². The topological polar surface area (TPSA) is 12.0 Å². The molecule has 1 aromatic carbocycles. The molecule has 1 N–H and O–H groups in total. The summed E-state index contributed by atoms with van der Waals surface area (Å²) >= 11 is 0. The van der Waals surface area contributed by atoms with Gasteiger partial charge in [0.15, 0.2) is 0 Å². The standard InChI is InChI=1S/C15H25N.C4H10.C2H6/c1-4-6-12-16-15-11-8-7-10-14(15)13(3)9-5-2;1-3-4-2;1-2/h7-8,10-11,13,16H,4-6,9,12H2,1-3H3;3-4H2,1-2H3;1-2H3. The van der Waals surface area contributed by atoms with Crippen LogP contribution in [0.3, 0.4) is 0 Å². The first-order valence-corrected chi connectivity index (χ1v) is 9.53. The van der Waals surface area contributed by atoms with Crippen LogP contribution in [0.1, 0.15) is 98.5 Å². The number of anilines is 1. The van der Waals surface area contributed by atoms with E-state index in [2.05, 4.69) is 64.2 Å². The summed E-state index contributed by atoms with van der Waals surface area (Å²) in [4.78, 5) is 0. The monoisotopic (exact) mass is 307 g/mol. The SMILES string of the molecule is CC.CCCC.CCCCNc1ccccc1C(C)CCC. The van der Waals surface area contributed by atoms with Crippen LogP contribution in [0, 0.1) is 0 Å². The van der Waals surface area contributed by atoms with Gasteiger partial charge < -0.3 is 5.32 Å². The van der Waals surface area contributed by atoms with Crippen LogP contribution in [0.5, 0.6) is 0 Å². The van der Waals surface area contributed by atoms with Gasteiger partial charge in [0.05, 0.1) is 0 Å². The average molecular weight is 308 g/mol. The first-order valence-electron chi connectivity index (χ1n) is 9.53. The number of unbranched alkanes of at least 4 members (excludes halogenated alkanes) is 2. The van der Waals surface area contributed by atoms with Crippen molar-refractivity contribution < 1.29 is 0 Å². The summed E-state index contributed by atoms with van der Waals surface area (Å²) in [5.74, 6) is 0.662. The summed E-state index contributed by atoms with van der Waals surface area (Å²) in [6.07, 6.45) is 7.66. The molecule has 0 aromatic heterocycles. The molecule has 1 aromatic rings. The second-order valence-corrected chi connectivity index (χ2v) is 5.56. The van der Waals surface area contributed by atoms with E-state index in [0.29, 0.717) is 5.92 Å². The molecule has 0 amide bonds. The number of para-hydroxylation sites is 1. The molecule has 0 aliphatic rings. The van der Waals surface area contributed by atoms with E-state index >= 15 is 0 Å². The Balaban J connectivity index is 0. The molecule has 0 aliphatic carbocycles. The maximum absolute atomic E-state index is 3.55. The first kappa shape index (κ1) is 23.3. The predicted octanol–water partition coefficient (Wildman–Crippen LogP) is 7.63. The fourth-order valence-corrected chi connectivity index (χ4v) is 2.08. The second kappa shape index (κ2) is 18.1. The lowest BCUT2D eigenvalue weighted by atomic mass is 9.95. The molecule has 0 aliphatic heterocycles. The molecule has 0 fully saturated rings. The molecule has 0 saturated heterocycles. The van der Waals surface area contributed by atoms with Crippen molar-refractivity contribution in [2.24, 2.45) is 0 Å². The van der Waals surface area contributed by atoms with Crippen LogP contribution in [-0.4, -0.2) is 6.54 Å². The van der Waals surface area contributed by atoms with Gasteiger partial charge in [0, 0.05) is 12.2 Å². The van der Waals surface area contributed by atoms with Gasteiger partial charge in [0.25, 0.3) is 0 Å². The largest absolute Gasteiger partial charge is 0.385 e. The quantitative estimate of drug-likeness (QED) is 0.487. The van der Waals surface area contributed by atoms with Crippen molar-refractivity contribution in [1.82, 2.24) is 0 Å². The van der Waals surface area contributed by atoms with E-state index in [1.54, 1.807) is 0 Å². The van der Waals surface area contributed by atoms with Crippen LogP contribution in [-0.2, 0) is 0 Å². The maximum Gasteiger partial charge on any atom is 0.0375 e. The molecule has 1 rings (SSSR count). The van der Waals surface area contributed by atoms with Gasteiger partial charge in [0.1, 0.15) is 0 Å². The highest BCUT2D eigenvalue weighted by molar-refractivity contribution is 5.52. The number of hydrogen-bond acceptors (Lipinski definition) is 1. The van der Waals surface area contributed by atoms with Gasteiger partial charge in [-0.3, -0.25) is 0 Å². The number of benzene rings is 1. The summed E-state index contributed by atoms with van der Waals surface area (Å²) < 4.78 is 0. The lowest BCUT2D eigenvalue weighted by molar-refractivity contribution is 0.665. The third kappa shape index (κ3) is 11.7. The van der Waals surface area contributed by atoms with E-state index in [9.17, 15) is 0 Å². The fraction of sp³-hybridized carbons (Fsp3) is 0.714. The molecule has 22 heavy (non-hydrogen) atoms. The summed E-state index contributed by atoms with van der Waals surface area (Å²) in [5.41, 5.74) is 2.80. The Hall–Kier alpha value is -0.980. The second-order valence-electron chi connectivity index (χ2n) is 5.56. The normalized spacial score (nSPS) is 10.7. The van der Waals surface area contributed by atoms with Crippen molar-refractivity contribution in [2.75, 3.05) is 11.9 Å². The molecule has 0 radical (unpaired) electrons. The maximum atomic E-state index is 3.55. The summed E-state index contributed by atoms with van der Waals surface area (Å²) in [6, 6.07) is 8.73. The first-order chi connectivity index (χ1) is 10.7. The highest BCUT2D eigenvalue weighted by atomic mass is 14.9. The highest BCUT2D eigenvalue weighted by Gasteiger charge is 2.08. The van der Waals surface area contributed by atoms with Crippen molar-refractivity contribution in [2.45, 2.75) is 92.9 Å². The molecule has 1 nitrogen and oxygen atoms in total. The van der Waals surface area contributed by atoms with Crippen LogP contribution in [0.4, 0.5) is 5.69 Å². The average Bonchev–Trinajstić information content (AvgIpc) is 2.58.